The van der Waals surface area contributed by atoms with Crippen molar-refractivity contribution < 1.29 is 22.7 Å². The zero-order valence-electron chi connectivity index (χ0n) is 14.5. The largest absolute Gasteiger partial charge is 0.495 e. The number of hydrogen-bond donors (Lipinski definition) is 2. The molecule has 0 saturated heterocycles. The van der Waals surface area contributed by atoms with E-state index < -0.39 is 15.9 Å². The summed E-state index contributed by atoms with van der Waals surface area (Å²) >= 11 is 3.33. The van der Waals surface area contributed by atoms with Crippen molar-refractivity contribution in [2.24, 2.45) is 0 Å². The van der Waals surface area contributed by atoms with Crippen LogP contribution in [0.3, 0.4) is 0 Å². The Morgan fingerprint density at radius 1 is 1.15 bits per heavy atom. The van der Waals surface area contributed by atoms with Crippen molar-refractivity contribution in [2.75, 3.05) is 30.9 Å². The Bertz CT molecular complexity index is 915. The van der Waals surface area contributed by atoms with Crippen LogP contribution in [-0.2, 0) is 19.6 Å². The van der Waals surface area contributed by atoms with Crippen LogP contribution in [0, 0.1) is 6.92 Å². The highest BCUT2D eigenvalue weighted by Gasteiger charge is 2.22. The van der Waals surface area contributed by atoms with Crippen LogP contribution < -0.4 is 14.8 Å². The molecule has 0 aliphatic carbocycles. The summed E-state index contributed by atoms with van der Waals surface area (Å²) < 4.78 is 38.8. The minimum absolute atomic E-state index is 0.0939. The molecule has 0 aromatic heterocycles. The van der Waals surface area contributed by atoms with Crippen molar-refractivity contribution in [3.05, 3.63) is 46.4 Å². The summed E-state index contributed by atoms with van der Waals surface area (Å²) in [7, 11) is -1.18. The summed E-state index contributed by atoms with van der Waals surface area (Å²) in [5.74, 6) is -0.235. The molecule has 0 bridgehead atoms. The average Bonchev–Trinajstić information content (AvgIpc) is 2.58. The molecule has 9 heteroatoms. The van der Waals surface area contributed by atoms with Crippen LogP contribution in [0.15, 0.2) is 45.8 Å². The second-order valence-corrected chi connectivity index (χ2v) is 7.94. The first-order valence-electron chi connectivity index (χ1n) is 7.52. The number of methoxy groups -OCH3 is 2. The molecule has 26 heavy (non-hydrogen) atoms. The number of anilines is 2. The molecule has 2 rings (SSSR count). The zero-order valence-corrected chi connectivity index (χ0v) is 16.9. The van der Waals surface area contributed by atoms with Crippen molar-refractivity contribution in [1.82, 2.24) is 0 Å². The van der Waals surface area contributed by atoms with Crippen molar-refractivity contribution in [3.8, 4) is 5.75 Å². The maximum absolute atomic E-state index is 12.9. The summed E-state index contributed by atoms with van der Waals surface area (Å²) in [6.07, 6.45) is 0. The Morgan fingerprint density at radius 2 is 1.88 bits per heavy atom. The van der Waals surface area contributed by atoms with E-state index in [0.717, 1.165) is 5.56 Å². The smallest absolute Gasteiger partial charge is 0.265 e. The number of nitrogens with one attached hydrogen (secondary N) is 2. The lowest BCUT2D eigenvalue weighted by Gasteiger charge is -2.14. The fourth-order valence-electron chi connectivity index (χ4n) is 2.21. The lowest BCUT2D eigenvalue weighted by molar-refractivity contribution is -0.119. The summed E-state index contributed by atoms with van der Waals surface area (Å²) in [6, 6.07) is 9.67. The minimum Gasteiger partial charge on any atom is -0.495 e. The molecule has 0 saturated carbocycles. The number of halogens is 1. The molecular formula is C17H19BrN2O5S. The molecule has 140 valence electrons. The van der Waals surface area contributed by atoms with Gasteiger partial charge < -0.3 is 14.8 Å². The van der Waals surface area contributed by atoms with Crippen LogP contribution in [0.2, 0.25) is 0 Å². The lowest BCUT2D eigenvalue weighted by Crippen LogP contribution is -2.18. The molecular weight excluding hydrogens is 424 g/mol. The molecule has 2 aromatic rings. The monoisotopic (exact) mass is 442 g/mol. The van der Waals surface area contributed by atoms with E-state index >= 15 is 0 Å². The Labute approximate surface area is 160 Å². The number of benzene rings is 2. The fraction of sp³-hybridized carbons (Fsp3) is 0.235. The Balaban J connectivity index is 2.40. The second kappa shape index (κ2) is 8.52. The van der Waals surface area contributed by atoms with Crippen LogP contribution in [-0.4, -0.2) is 35.2 Å². The number of sulfonamides is 1. The van der Waals surface area contributed by atoms with Gasteiger partial charge in [-0.3, -0.25) is 9.52 Å². The number of amides is 1. The second-order valence-electron chi connectivity index (χ2n) is 5.44. The van der Waals surface area contributed by atoms with Gasteiger partial charge in [0.2, 0.25) is 5.91 Å². The van der Waals surface area contributed by atoms with Crippen molar-refractivity contribution in [2.45, 2.75) is 11.8 Å². The number of rotatable bonds is 7. The first-order valence-corrected chi connectivity index (χ1v) is 9.80. The maximum atomic E-state index is 12.9. The Kier molecular flexibility index (Phi) is 6.63. The van der Waals surface area contributed by atoms with Gasteiger partial charge in [0.05, 0.1) is 12.8 Å². The standard InChI is InChI=1S/C17H19BrN2O5S/c1-11-4-6-13(18)14(8-11)20-26(22,23)16-9-12(5-7-15(16)25-3)19-17(21)10-24-2/h4-9,20H,10H2,1-3H3,(H,19,21). The highest BCUT2D eigenvalue weighted by atomic mass is 79.9. The van der Waals surface area contributed by atoms with Gasteiger partial charge in [0.25, 0.3) is 10.0 Å². The fourth-order valence-corrected chi connectivity index (χ4v) is 3.95. The normalized spacial score (nSPS) is 11.1. The first kappa shape index (κ1) is 20.2. The third-order valence-electron chi connectivity index (χ3n) is 3.38. The van der Waals surface area contributed by atoms with E-state index in [0.29, 0.717) is 15.8 Å². The Hall–Kier alpha value is -2.10. The van der Waals surface area contributed by atoms with Crippen LogP contribution in [0.25, 0.3) is 0 Å². The predicted molar refractivity (Wildman–Crippen MR) is 103 cm³/mol. The van der Waals surface area contributed by atoms with E-state index in [9.17, 15) is 13.2 Å². The van der Waals surface area contributed by atoms with Gasteiger partial charge in [-0.2, -0.15) is 0 Å². The number of aryl methyl sites for hydroxylation is 1. The van der Waals surface area contributed by atoms with Crippen LogP contribution >= 0.6 is 15.9 Å². The summed E-state index contributed by atoms with van der Waals surface area (Å²) in [6.45, 7) is 1.72. The summed E-state index contributed by atoms with van der Waals surface area (Å²) in [5, 5.41) is 2.57. The van der Waals surface area contributed by atoms with Gasteiger partial charge in [0, 0.05) is 17.3 Å². The molecule has 2 aromatic carbocycles. The predicted octanol–water partition coefficient (Wildman–Crippen LogP) is 3.15. The molecule has 0 radical (unpaired) electrons. The van der Waals surface area contributed by atoms with Gasteiger partial charge in [-0.1, -0.05) is 6.07 Å². The quantitative estimate of drug-likeness (QED) is 0.686. The van der Waals surface area contributed by atoms with Gasteiger partial charge in [0.1, 0.15) is 17.3 Å². The molecule has 0 atom stereocenters. The molecule has 0 spiro atoms. The Morgan fingerprint density at radius 3 is 2.54 bits per heavy atom. The molecule has 0 unspecified atom stereocenters. The van der Waals surface area contributed by atoms with Crippen LogP contribution in [0.4, 0.5) is 11.4 Å². The van der Waals surface area contributed by atoms with Gasteiger partial charge in [-0.15, -0.1) is 0 Å². The molecule has 0 fully saturated rings. The van der Waals surface area contributed by atoms with E-state index in [1.165, 1.54) is 26.4 Å². The van der Waals surface area contributed by atoms with E-state index in [4.69, 9.17) is 9.47 Å². The van der Waals surface area contributed by atoms with Crippen LogP contribution in [0.5, 0.6) is 5.75 Å². The summed E-state index contributed by atoms with van der Waals surface area (Å²) in [4.78, 5) is 11.6. The average molecular weight is 443 g/mol. The number of hydrogen-bond acceptors (Lipinski definition) is 5. The zero-order chi connectivity index (χ0) is 19.3. The van der Waals surface area contributed by atoms with E-state index in [-0.39, 0.29) is 17.3 Å². The van der Waals surface area contributed by atoms with Gasteiger partial charge in [0.15, 0.2) is 0 Å². The molecule has 1 amide bonds. The van der Waals surface area contributed by atoms with E-state index in [2.05, 4.69) is 26.0 Å². The number of ether oxygens (including phenoxy) is 2. The maximum Gasteiger partial charge on any atom is 0.265 e. The lowest BCUT2D eigenvalue weighted by atomic mass is 10.2. The molecule has 0 aliphatic rings. The van der Waals surface area contributed by atoms with Crippen molar-refractivity contribution in [1.29, 1.82) is 0 Å². The third kappa shape index (κ3) is 4.96. The molecule has 0 aliphatic heterocycles. The molecule has 0 heterocycles. The van der Waals surface area contributed by atoms with Crippen molar-refractivity contribution in [3.63, 3.8) is 0 Å². The van der Waals surface area contributed by atoms with Gasteiger partial charge >= 0.3 is 0 Å². The first-order chi connectivity index (χ1) is 12.3. The van der Waals surface area contributed by atoms with Crippen molar-refractivity contribution >= 4 is 43.2 Å². The number of carbonyl (C=O) groups is 1. The van der Waals surface area contributed by atoms with Gasteiger partial charge in [-0.25, -0.2) is 8.42 Å². The third-order valence-corrected chi connectivity index (χ3v) is 5.46. The molecule has 2 N–H and O–H groups in total. The van der Waals surface area contributed by atoms with E-state index in [1.807, 2.05) is 13.0 Å². The van der Waals surface area contributed by atoms with Gasteiger partial charge in [-0.05, 0) is 58.7 Å². The SMILES string of the molecule is COCC(=O)Nc1ccc(OC)c(S(=O)(=O)Nc2cc(C)ccc2Br)c1. The summed E-state index contributed by atoms with van der Waals surface area (Å²) in [5.41, 5.74) is 1.62. The highest BCUT2D eigenvalue weighted by molar-refractivity contribution is 9.10. The number of carbonyl (C=O) groups excluding carboxylic acids is 1. The topological polar surface area (TPSA) is 93.7 Å². The molecule has 7 nitrogen and oxygen atoms in total. The minimum atomic E-state index is -3.95. The van der Waals surface area contributed by atoms with Crippen LogP contribution in [0.1, 0.15) is 5.56 Å². The highest BCUT2D eigenvalue weighted by Crippen LogP contribution is 2.31. The van der Waals surface area contributed by atoms with E-state index in [1.54, 1.807) is 18.2 Å².